The Balaban J connectivity index is 1.87. The number of carbonyl (C=O) groups excluding carboxylic acids is 1. The topological polar surface area (TPSA) is 47.6 Å². The van der Waals surface area contributed by atoms with Crippen molar-refractivity contribution in [3.8, 4) is 11.5 Å². The Labute approximate surface area is 128 Å². The van der Waals surface area contributed by atoms with Crippen LogP contribution in [-0.2, 0) is 4.79 Å². The molecule has 0 saturated carbocycles. The SMILES string of the molecule is COc1ccc([C@H](C)NC(=O)COc2ccccc2F)cc1. The molecule has 0 fully saturated rings. The Morgan fingerprint density at radius 2 is 1.86 bits per heavy atom. The van der Waals surface area contributed by atoms with Crippen LogP contribution in [0.15, 0.2) is 48.5 Å². The van der Waals surface area contributed by atoms with Crippen molar-refractivity contribution in [3.05, 3.63) is 59.9 Å². The van der Waals surface area contributed by atoms with Gasteiger partial charge in [0, 0.05) is 0 Å². The van der Waals surface area contributed by atoms with Crippen molar-refractivity contribution in [2.45, 2.75) is 13.0 Å². The summed E-state index contributed by atoms with van der Waals surface area (Å²) in [5, 5.41) is 2.80. The number of carbonyl (C=O) groups is 1. The Bertz CT molecular complexity index is 628. The third-order valence-corrected chi connectivity index (χ3v) is 3.19. The maximum absolute atomic E-state index is 13.4. The second-order valence-electron chi connectivity index (χ2n) is 4.78. The molecule has 0 aliphatic heterocycles. The number of amides is 1. The van der Waals surface area contributed by atoms with Gasteiger partial charge in [-0.05, 0) is 36.8 Å². The first-order valence-electron chi connectivity index (χ1n) is 6.91. The predicted octanol–water partition coefficient (Wildman–Crippen LogP) is 3.09. The van der Waals surface area contributed by atoms with Crippen LogP contribution in [0, 0.1) is 5.82 Å². The van der Waals surface area contributed by atoms with E-state index in [1.54, 1.807) is 19.2 Å². The molecule has 0 heterocycles. The van der Waals surface area contributed by atoms with Gasteiger partial charge in [-0.25, -0.2) is 4.39 Å². The molecular formula is C17H18FNO3. The van der Waals surface area contributed by atoms with E-state index >= 15 is 0 Å². The summed E-state index contributed by atoms with van der Waals surface area (Å²) in [6, 6.07) is 13.2. The lowest BCUT2D eigenvalue weighted by Gasteiger charge is -2.15. The maximum Gasteiger partial charge on any atom is 0.258 e. The molecule has 0 saturated heterocycles. The number of ether oxygens (including phenoxy) is 2. The molecular weight excluding hydrogens is 285 g/mol. The van der Waals surface area contributed by atoms with E-state index in [2.05, 4.69) is 5.32 Å². The highest BCUT2D eigenvalue weighted by atomic mass is 19.1. The van der Waals surface area contributed by atoms with Gasteiger partial charge in [0.05, 0.1) is 13.2 Å². The first-order valence-corrected chi connectivity index (χ1v) is 6.91. The van der Waals surface area contributed by atoms with Crippen molar-refractivity contribution in [3.63, 3.8) is 0 Å². The summed E-state index contributed by atoms with van der Waals surface area (Å²) >= 11 is 0. The quantitative estimate of drug-likeness (QED) is 0.892. The van der Waals surface area contributed by atoms with E-state index in [9.17, 15) is 9.18 Å². The molecule has 2 aromatic carbocycles. The third kappa shape index (κ3) is 4.22. The molecule has 1 N–H and O–H groups in total. The van der Waals surface area contributed by atoms with Crippen molar-refractivity contribution < 1.29 is 18.7 Å². The van der Waals surface area contributed by atoms with Crippen molar-refractivity contribution >= 4 is 5.91 Å². The van der Waals surface area contributed by atoms with Gasteiger partial charge < -0.3 is 14.8 Å². The normalized spacial score (nSPS) is 11.6. The molecule has 0 aliphatic carbocycles. The van der Waals surface area contributed by atoms with Gasteiger partial charge in [-0.15, -0.1) is 0 Å². The standard InChI is InChI=1S/C17H18FNO3/c1-12(13-7-9-14(21-2)10-8-13)19-17(20)11-22-16-6-4-3-5-15(16)18/h3-10,12H,11H2,1-2H3,(H,19,20)/t12-/m0/s1. The number of para-hydroxylation sites is 1. The summed E-state index contributed by atoms with van der Waals surface area (Å²) < 4.78 is 23.6. The van der Waals surface area contributed by atoms with Gasteiger partial charge in [-0.3, -0.25) is 4.79 Å². The largest absolute Gasteiger partial charge is 0.497 e. The third-order valence-electron chi connectivity index (χ3n) is 3.19. The van der Waals surface area contributed by atoms with Crippen LogP contribution in [0.3, 0.4) is 0 Å². The fourth-order valence-electron chi connectivity index (χ4n) is 1.96. The number of halogens is 1. The molecule has 1 atom stereocenters. The van der Waals surface area contributed by atoms with Crippen LogP contribution in [0.1, 0.15) is 18.5 Å². The summed E-state index contributed by atoms with van der Waals surface area (Å²) in [5.74, 6) is 0.0185. The number of methoxy groups -OCH3 is 1. The lowest BCUT2D eigenvalue weighted by atomic mass is 10.1. The molecule has 0 bridgehead atoms. The summed E-state index contributed by atoms with van der Waals surface area (Å²) in [5.41, 5.74) is 0.944. The monoisotopic (exact) mass is 303 g/mol. The van der Waals surface area contributed by atoms with E-state index in [1.165, 1.54) is 12.1 Å². The fourth-order valence-corrected chi connectivity index (χ4v) is 1.96. The lowest BCUT2D eigenvalue weighted by molar-refractivity contribution is -0.123. The zero-order valence-corrected chi connectivity index (χ0v) is 12.5. The molecule has 1 amide bonds. The Kier molecular flexibility index (Phi) is 5.36. The molecule has 5 heteroatoms. The number of rotatable bonds is 6. The van der Waals surface area contributed by atoms with Crippen molar-refractivity contribution in [1.29, 1.82) is 0 Å². The van der Waals surface area contributed by atoms with Gasteiger partial charge in [0.1, 0.15) is 5.75 Å². The molecule has 116 valence electrons. The van der Waals surface area contributed by atoms with Crippen LogP contribution in [0.2, 0.25) is 0 Å². The van der Waals surface area contributed by atoms with Crippen LogP contribution in [0.25, 0.3) is 0 Å². The maximum atomic E-state index is 13.4. The van der Waals surface area contributed by atoms with Gasteiger partial charge in [0.15, 0.2) is 18.2 Å². The second-order valence-corrected chi connectivity index (χ2v) is 4.78. The number of benzene rings is 2. The summed E-state index contributed by atoms with van der Waals surface area (Å²) in [6.45, 7) is 1.63. The minimum atomic E-state index is -0.487. The Morgan fingerprint density at radius 1 is 1.18 bits per heavy atom. The van der Waals surface area contributed by atoms with Gasteiger partial charge >= 0.3 is 0 Å². The van der Waals surface area contributed by atoms with Crippen LogP contribution >= 0.6 is 0 Å². The number of hydrogen-bond donors (Lipinski definition) is 1. The molecule has 0 radical (unpaired) electrons. The van der Waals surface area contributed by atoms with E-state index in [-0.39, 0.29) is 24.3 Å². The zero-order chi connectivity index (χ0) is 15.9. The molecule has 0 aliphatic rings. The minimum Gasteiger partial charge on any atom is -0.497 e. The molecule has 0 aromatic heterocycles. The lowest BCUT2D eigenvalue weighted by Crippen LogP contribution is -2.31. The number of hydrogen-bond acceptors (Lipinski definition) is 3. The van der Waals surface area contributed by atoms with Crippen LogP contribution < -0.4 is 14.8 Å². The highest BCUT2D eigenvalue weighted by Gasteiger charge is 2.11. The summed E-state index contributed by atoms with van der Waals surface area (Å²) in [7, 11) is 1.60. The van der Waals surface area contributed by atoms with E-state index in [4.69, 9.17) is 9.47 Å². The first kappa shape index (κ1) is 15.8. The smallest absolute Gasteiger partial charge is 0.258 e. The van der Waals surface area contributed by atoms with Gasteiger partial charge in [0.25, 0.3) is 5.91 Å². The minimum absolute atomic E-state index is 0.0646. The molecule has 4 nitrogen and oxygen atoms in total. The second kappa shape index (κ2) is 7.45. The molecule has 22 heavy (non-hydrogen) atoms. The Hall–Kier alpha value is -2.56. The summed E-state index contributed by atoms with van der Waals surface area (Å²) in [6.07, 6.45) is 0. The van der Waals surface area contributed by atoms with Gasteiger partial charge in [-0.2, -0.15) is 0 Å². The molecule has 2 aromatic rings. The summed E-state index contributed by atoms with van der Waals surface area (Å²) in [4.78, 5) is 11.9. The van der Waals surface area contributed by atoms with Crippen molar-refractivity contribution in [2.75, 3.05) is 13.7 Å². The molecule has 0 spiro atoms. The molecule has 2 rings (SSSR count). The fraction of sp³-hybridized carbons (Fsp3) is 0.235. The van der Waals surface area contributed by atoms with Crippen molar-refractivity contribution in [1.82, 2.24) is 5.32 Å². The van der Waals surface area contributed by atoms with Crippen LogP contribution in [0.5, 0.6) is 11.5 Å². The van der Waals surface area contributed by atoms with E-state index < -0.39 is 5.82 Å². The average Bonchev–Trinajstić information content (AvgIpc) is 2.54. The van der Waals surface area contributed by atoms with Crippen molar-refractivity contribution in [2.24, 2.45) is 0 Å². The van der Waals surface area contributed by atoms with Gasteiger partial charge in [-0.1, -0.05) is 24.3 Å². The van der Waals surface area contributed by atoms with Crippen LogP contribution in [0.4, 0.5) is 4.39 Å². The Morgan fingerprint density at radius 3 is 2.50 bits per heavy atom. The van der Waals surface area contributed by atoms with E-state index in [1.807, 2.05) is 31.2 Å². The highest BCUT2D eigenvalue weighted by Crippen LogP contribution is 2.18. The van der Waals surface area contributed by atoms with Gasteiger partial charge in [0.2, 0.25) is 0 Å². The highest BCUT2D eigenvalue weighted by molar-refractivity contribution is 5.78. The number of nitrogens with one attached hydrogen (secondary N) is 1. The first-order chi connectivity index (χ1) is 10.6. The average molecular weight is 303 g/mol. The predicted molar refractivity (Wildman–Crippen MR) is 81.4 cm³/mol. The zero-order valence-electron chi connectivity index (χ0n) is 12.5. The van der Waals surface area contributed by atoms with E-state index in [0.717, 1.165) is 11.3 Å². The van der Waals surface area contributed by atoms with E-state index in [0.29, 0.717) is 0 Å². The molecule has 0 unspecified atom stereocenters. The van der Waals surface area contributed by atoms with Crippen LogP contribution in [-0.4, -0.2) is 19.6 Å².